The summed E-state index contributed by atoms with van der Waals surface area (Å²) in [5.41, 5.74) is 2.44. The fourth-order valence-corrected chi connectivity index (χ4v) is 6.29. The average Bonchev–Trinajstić information content (AvgIpc) is 3.19. The lowest BCUT2D eigenvalue weighted by atomic mass is 9.98. The van der Waals surface area contributed by atoms with Crippen molar-refractivity contribution in [3.8, 4) is 0 Å². The number of hydrogen-bond donors (Lipinski definition) is 2. The summed E-state index contributed by atoms with van der Waals surface area (Å²) >= 11 is 0. The molecule has 2 aliphatic rings. The molecule has 0 saturated carbocycles. The number of rotatable bonds is 6. The Morgan fingerprint density at radius 2 is 1.82 bits per heavy atom. The topological polar surface area (TPSA) is 103 Å². The molecule has 0 unspecified atom stereocenters. The minimum absolute atomic E-state index is 0.0755. The predicted octanol–water partition coefficient (Wildman–Crippen LogP) is 3.06. The molecule has 34 heavy (non-hydrogen) atoms. The number of aryl methyl sites for hydroxylation is 1. The summed E-state index contributed by atoms with van der Waals surface area (Å²) < 4.78 is 27.9. The van der Waals surface area contributed by atoms with E-state index in [-0.39, 0.29) is 23.3 Å². The van der Waals surface area contributed by atoms with Crippen LogP contribution in [-0.2, 0) is 21.4 Å². The van der Waals surface area contributed by atoms with Crippen LogP contribution in [0.1, 0.15) is 60.1 Å². The van der Waals surface area contributed by atoms with Gasteiger partial charge in [-0.1, -0.05) is 42.7 Å². The van der Waals surface area contributed by atoms with E-state index in [4.69, 9.17) is 0 Å². The van der Waals surface area contributed by atoms with E-state index in [2.05, 4.69) is 10.3 Å². The number of amides is 2. The third-order valence-corrected chi connectivity index (χ3v) is 8.57. The number of nitrogens with one attached hydrogen (secondary N) is 2. The number of H-pyrrole nitrogens is 1. The molecule has 3 heterocycles. The molecule has 2 fully saturated rings. The van der Waals surface area contributed by atoms with Crippen LogP contribution in [0.3, 0.4) is 0 Å². The molecule has 1 atom stereocenters. The maximum atomic E-state index is 13.3. The monoisotopic (exact) mass is 486 g/mol. The zero-order valence-corrected chi connectivity index (χ0v) is 20.6. The largest absolute Gasteiger partial charge is 0.356 e. The molecule has 0 spiro atoms. The number of sulfonamides is 1. The second-order valence-electron chi connectivity index (χ2n) is 9.36. The van der Waals surface area contributed by atoms with Crippen molar-refractivity contribution >= 4 is 21.8 Å². The lowest BCUT2D eigenvalue weighted by Gasteiger charge is -2.31. The maximum Gasteiger partial charge on any atom is 0.270 e. The maximum absolute atomic E-state index is 13.3. The molecule has 4 rings (SSSR count). The average molecular weight is 487 g/mol. The van der Waals surface area contributed by atoms with Gasteiger partial charge >= 0.3 is 0 Å². The normalized spacial score (nSPS) is 20.0. The van der Waals surface area contributed by atoms with Gasteiger partial charge in [-0.25, -0.2) is 8.42 Å². The molecule has 0 bridgehead atoms. The number of aromatic amines is 1. The Balaban J connectivity index is 1.39. The Labute approximate surface area is 201 Å². The van der Waals surface area contributed by atoms with Crippen molar-refractivity contribution in [2.24, 2.45) is 5.92 Å². The number of hydrogen-bond acceptors (Lipinski definition) is 4. The molecule has 2 aliphatic heterocycles. The zero-order chi connectivity index (χ0) is 24.1. The van der Waals surface area contributed by atoms with E-state index >= 15 is 0 Å². The van der Waals surface area contributed by atoms with Crippen molar-refractivity contribution in [3.63, 3.8) is 0 Å². The number of benzene rings is 1. The molecule has 184 valence electrons. The van der Waals surface area contributed by atoms with Gasteiger partial charge < -0.3 is 15.2 Å². The van der Waals surface area contributed by atoms with Crippen LogP contribution in [0.25, 0.3) is 0 Å². The van der Waals surface area contributed by atoms with Crippen molar-refractivity contribution < 1.29 is 18.0 Å². The lowest BCUT2D eigenvalue weighted by Crippen LogP contribution is -2.45. The van der Waals surface area contributed by atoms with Gasteiger partial charge in [-0.2, -0.15) is 4.31 Å². The molecule has 2 N–H and O–H groups in total. The fourth-order valence-electron chi connectivity index (χ4n) is 4.77. The quantitative estimate of drug-likeness (QED) is 0.655. The minimum atomic E-state index is -3.80. The van der Waals surface area contributed by atoms with Gasteiger partial charge in [0, 0.05) is 38.9 Å². The number of likely N-dealkylation sites (tertiary alicyclic amines) is 1. The highest BCUT2D eigenvalue weighted by Gasteiger charge is 2.34. The Morgan fingerprint density at radius 1 is 1.06 bits per heavy atom. The van der Waals surface area contributed by atoms with Crippen LogP contribution in [0.5, 0.6) is 0 Å². The summed E-state index contributed by atoms with van der Waals surface area (Å²) in [4.78, 5) is 30.4. The highest BCUT2D eigenvalue weighted by atomic mass is 32.2. The van der Waals surface area contributed by atoms with Gasteiger partial charge in [-0.15, -0.1) is 0 Å². The van der Waals surface area contributed by atoms with Crippen LogP contribution in [0.4, 0.5) is 0 Å². The van der Waals surface area contributed by atoms with Crippen molar-refractivity contribution in [2.45, 2.75) is 56.9 Å². The van der Waals surface area contributed by atoms with Crippen LogP contribution >= 0.6 is 0 Å². The van der Waals surface area contributed by atoms with E-state index in [0.29, 0.717) is 44.7 Å². The van der Waals surface area contributed by atoms with Crippen LogP contribution in [0, 0.1) is 12.8 Å². The van der Waals surface area contributed by atoms with Gasteiger partial charge in [-0.3, -0.25) is 9.59 Å². The van der Waals surface area contributed by atoms with Gasteiger partial charge in [0.25, 0.3) is 5.91 Å². The Hall–Kier alpha value is -2.65. The predicted molar refractivity (Wildman–Crippen MR) is 130 cm³/mol. The van der Waals surface area contributed by atoms with Crippen LogP contribution in [0.2, 0.25) is 0 Å². The van der Waals surface area contributed by atoms with Crippen molar-refractivity contribution in [1.29, 1.82) is 0 Å². The SMILES string of the molecule is Cc1cccc(CNC(=O)[C@H]2CCCN(S(=O)(=O)c3c[nH]c(C(=O)N4CCCCCC4)c3)C2)c1. The first-order chi connectivity index (χ1) is 16.3. The van der Waals surface area contributed by atoms with Gasteiger partial charge in [0.05, 0.1) is 5.92 Å². The molecule has 0 aliphatic carbocycles. The molecule has 2 saturated heterocycles. The van der Waals surface area contributed by atoms with E-state index in [1.165, 1.54) is 16.6 Å². The van der Waals surface area contributed by atoms with E-state index < -0.39 is 15.9 Å². The van der Waals surface area contributed by atoms with Gasteiger partial charge in [-0.05, 0) is 44.2 Å². The third-order valence-electron chi connectivity index (χ3n) is 6.72. The van der Waals surface area contributed by atoms with Crippen molar-refractivity contribution in [3.05, 3.63) is 53.3 Å². The summed E-state index contributed by atoms with van der Waals surface area (Å²) in [5, 5.41) is 2.95. The zero-order valence-electron chi connectivity index (χ0n) is 19.8. The van der Waals surface area contributed by atoms with E-state index in [1.807, 2.05) is 31.2 Å². The summed E-state index contributed by atoms with van der Waals surface area (Å²) in [6.07, 6.45) is 6.83. The molecule has 8 nitrogen and oxygen atoms in total. The molecular weight excluding hydrogens is 452 g/mol. The molecule has 2 aromatic rings. The first kappa shape index (κ1) is 24.5. The van der Waals surface area contributed by atoms with Crippen LogP contribution in [-0.4, -0.2) is 60.6 Å². The number of aromatic nitrogens is 1. The first-order valence-electron chi connectivity index (χ1n) is 12.2. The molecular formula is C25H34N4O4S. The third kappa shape index (κ3) is 5.70. The van der Waals surface area contributed by atoms with Gasteiger partial charge in [0.1, 0.15) is 10.6 Å². The highest BCUT2D eigenvalue weighted by Crippen LogP contribution is 2.25. The van der Waals surface area contributed by atoms with E-state index in [1.54, 1.807) is 4.90 Å². The van der Waals surface area contributed by atoms with Crippen LogP contribution < -0.4 is 5.32 Å². The molecule has 0 radical (unpaired) electrons. The second-order valence-corrected chi connectivity index (χ2v) is 11.3. The highest BCUT2D eigenvalue weighted by molar-refractivity contribution is 7.89. The Kier molecular flexibility index (Phi) is 7.73. The minimum Gasteiger partial charge on any atom is -0.356 e. The summed E-state index contributed by atoms with van der Waals surface area (Å²) in [5.74, 6) is -0.687. The summed E-state index contributed by atoms with van der Waals surface area (Å²) in [6.45, 7) is 4.33. The molecule has 9 heteroatoms. The van der Waals surface area contributed by atoms with Crippen molar-refractivity contribution in [2.75, 3.05) is 26.2 Å². The Morgan fingerprint density at radius 3 is 2.56 bits per heavy atom. The van der Waals surface area contributed by atoms with Crippen LogP contribution in [0.15, 0.2) is 41.4 Å². The summed E-state index contributed by atoms with van der Waals surface area (Å²) in [6, 6.07) is 9.37. The molecule has 2 amide bonds. The molecule has 1 aromatic carbocycles. The Bertz CT molecular complexity index is 1120. The number of carbonyl (C=O) groups excluding carboxylic acids is 2. The lowest BCUT2D eigenvalue weighted by molar-refractivity contribution is -0.126. The summed E-state index contributed by atoms with van der Waals surface area (Å²) in [7, 11) is -3.80. The molecule has 1 aromatic heterocycles. The first-order valence-corrected chi connectivity index (χ1v) is 13.6. The fraction of sp³-hybridized carbons (Fsp3) is 0.520. The smallest absolute Gasteiger partial charge is 0.270 e. The number of carbonyl (C=O) groups is 2. The van der Waals surface area contributed by atoms with E-state index in [9.17, 15) is 18.0 Å². The van der Waals surface area contributed by atoms with E-state index in [0.717, 1.165) is 36.8 Å². The van der Waals surface area contributed by atoms with Gasteiger partial charge in [0.2, 0.25) is 15.9 Å². The second kappa shape index (κ2) is 10.7. The van der Waals surface area contributed by atoms with Gasteiger partial charge in [0.15, 0.2) is 0 Å². The number of nitrogens with zero attached hydrogens (tertiary/aromatic N) is 2. The standard InChI is InChI=1S/C25H34N4O4S/c1-19-8-6-9-20(14-19)16-27-24(30)21-10-7-13-29(18-21)34(32,33)22-15-23(26-17-22)25(31)28-11-4-2-3-5-12-28/h6,8-9,14-15,17,21,26H,2-5,7,10-13,16,18H2,1H3,(H,27,30)/t21-/m0/s1. The van der Waals surface area contributed by atoms with Crippen molar-refractivity contribution in [1.82, 2.24) is 19.5 Å². The number of piperidine rings is 1.